The normalized spacial score (nSPS) is 15.7. The number of carbonyl (C=O) groups is 1. The van der Waals surface area contributed by atoms with E-state index in [2.05, 4.69) is 10.6 Å². The van der Waals surface area contributed by atoms with Gasteiger partial charge in [0.25, 0.3) is 5.91 Å². The Morgan fingerprint density at radius 2 is 1.93 bits per heavy atom. The summed E-state index contributed by atoms with van der Waals surface area (Å²) in [7, 11) is 0. The SMILES string of the molecule is Cc1cc(OC(C)C(=O)NCC2CCNCC2)c2c(C)c(C)c(=O)oc2c1.Cl. The van der Waals surface area contributed by atoms with Crippen molar-refractivity contribution in [1.82, 2.24) is 10.6 Å². The second kappa shape index (κ2) is 9.43. The average Bonchev–Trinajstić information content (AvgIpc) is 2.64. The highest BCUT2D eigenvalue weighted by molar-refractivity contribution is 5.89. The summed E-state index contributed by atoms with van der Waals surface area (Å²) in [5.41, 5.74) is 2.42. The zero-order valence-electron chi connectivity index (χ0n) is 16.9. The van der Waals surface area contributed by atoms with E-state index in [1.807, 2.05) is 26.0 Å². The van der Waals surface area contributed by atoms with E-state index in [1.54, 1.807) is 13.8 Å². The van der Waals surface area contributed by atoms with Crippen molar-refractivity contribution in [2.24, 2.45) is 5.92 Å². The van der Waals surface area contributed by atoms with E-state index in [9.17, 15) is 9.59 Å². The lowest BCUT2D eigenvalue weighted by molar-refractivity contribution is -0.127. The number of rotatable bonds is 5. The lowest BCUT2D eigenvalue weighted by Crippen LogP contribution is -2.41. The molecule has 2 heterocycles. The van der Waals surface area contributed by atoms with Gasteiger partial charge in [0, 0.05) is 12.1 Å². The maximum Gasteiger partial charge on any atom is 0.339 e. The molecule has 0 saturated carbocycles. The molecule has 2 N–H and O–H groups in total. The summed E-state index contributed by atoms with van der Waals surface area (Å²) in [5, 5.41) is 7.08. The van der Waals surface area contributed by atoms with Crippen molar-refractivity contribution in [1.29, 1.82) is 0 Å². The first-order chi connectivity index (χ1) is 12.9. The molecule has 3 rings (SSSR count). The molecule has 6 nitrogen and oxygen atoms in total. The third-order valence-electron chi connectivity index (χ3n) is 5.35. The molecule has 0 radical (unpaired) electrons. The molecule has 0 spiro atoms. The largest absolute Gasteiger partial charge is 0.480 e. The molecule has 1 saturated heterocycles. The number of hydrogen-bond donors (Lipinski definition) is 2. The molecule has 1 unspecified atom stereocenters. The Balaban J connectivity index is 0.00000280. The first kappa shape index (κ1) is 22.2. The molecule has 1 aliphatic heterocycles. The molecule has 2 aromatic rings. The van der Waals surface area contributed by atoms with Gasteiger partial charge < -0.3 is 19.8 Å². The first-order valence-electron chi connectivity index (χ1n) is 9.56. The minimum absolute atomic E-state index is 0. The number of aryl methyl sites for hydroxylation is 2. The monoisotopic (exact) mass is 408 g/mol. The highest BCUT2D eigenvalue weighted by Crippen LogP contribution is 2.31. The van der Waals surface area contributed by atoms with Crippen LogP contribution in [0.4, 0.5) is 0 Å². The number of halogens is 1. The van der Waals surface area contributed by atoms with Crippen LogP contribution in [0.15, 0.2) is 21.3 Å². The summed E-state index contributed by atoms with van der Waals surface area (Å²) in [6.45, 7) is 9.95. The number of ether oxygens (including phenoxy) is 1. The summed E-state index contributed by atoms with van der Waals surface area (Å²) < 4.78 is 11.4. The van der Waals surface area contributed by atoms with Crippen LogP contribution in [0.25, 0.3) is 11.0 Å². The predicted molar refractivity (Wildman–Crippen MR) is 113 cm³/mol. The molecule has 1 atom stereocenters. The summed E-state index contributed by atoms with van der Waals surface area (Å²) >= 11 is 0. The topological polar surface area (TPSA) is 80.6 Å². The molecule has 154 valence electrons. The Labute approximate surface area is 171 Å². The van der Waals surface area contributed by atoms with Gasteiger partial charge in [0.1, 0.15) is 11.3 Å². The van der Waals surface area contributed by atoms with Gasteiger partial charge in [-0.2, -0.15) is 0 Å². The van der Waals surface area contributed by atoms with Gasteiger partial charge in [0.15, 0.2) is 6.10 Å². The van der Waals surface area contributed by atoms with Crippen molar-refractivity contribution in [3.05, 3.63) is 39.2 Å². The maximum absolute atomic E-state index is 12.5. The highest BCUT2D eigenvalue weighted by atomic mass is 35.5. The first-order valence-corrected chi connectivity index (χ1v) is 9.56. The fourth-order valence-corrected chi connectivity index (χ4v) is 3.50. The summed E-state index contributed by atoms with van der Waals surface area (Å²) in [5.74, 6) is 0.954. The van der Waals surface area contributed by atoms with E-state index in [1.165, 1.54) is 0 Å². The minimum atomic E-state index is -0.636. The van der Waals surface area contributed by atoms with Gasteiger partial charge in [-0.05, 0) is 82.8 Å². The molecule has 1 aromatic heterocycles. The van der Waals surface area contributed by atoms with Crippen molar-refractivity contribution in [3.8, 4) is 5.75 Å². The Bertz CT molecular complexity index is 903. The number of amides is 1. The van der Waals surface area contributed by atoms with Crippen LogP contribution in [0.5, 0.6) is 5.75 Å². The van der Waals surface area contributed by atoms with Crippen LogP contribution in [0.2, 0.25) is 0 Å². The molecule has 1 aromatic carbocycles. The Kier molecular flexibility index (Phi) is 7.49. The fourth-order valence-electron chi connectivity index (χ4n) is 3.50. The zero-order valence-corrected chi connectivity index (χ0v) is 17.7. The lowest BCUT2D eigenvalue weighted by atomic mass is 9.98. The van der Waals surface area contributed by atoms with Crippen molar-refractivity contribution < 1.29 is 13.9 Å². The predicted octanol–water partition coefficient (Wildman–Crippen LogP) is 3.02. The van der Waals surface area contributed by atoms with Gasteiger partial charge in [-0.25, -0.2) is 4.79 Å². The van der Waals surface area contributed by atoms with E-state index in [0.29, 0.717) is 29.4 Å². The molecule has 1 aliphatic rings. The molecule has 0 aliphatic carbocycles. The van der Waals surface area contributed by atoms with Crippen LogP contribution >= 0.6 is 12.4 Å². The fraction of sp³-hybridized carbons (Fsp3) is 0.524. The molecule has 28 heavy (non-hydrogen) atoms. The second-order valence-corrected chi connectivity index (χ2v) is 7.47. The van der Waals surface area contributed by atoms with Gasteiger partial charge in [-0.1, -0.05) is 0 Å². The van der Waals surface area contributed by atoms with Crippen molar-refractivity contribution in [2.45, 2.75) is 46.6 Å². The van der Waals surface area contributed by atoms with Gasteiger partial charge in [0.2, 0.25) is 0 Å². The van der Waals surface area contributed by atoms with Gasteiger partial charge in [0.05, 0.1) is 5.39 Å². The third kappa shape index (κ3) is 4.86. The third-order valence-corrected chi connectivity index (χ3v) is 5.35. The molecule has 1 amide bonds. The van der Waals surface area contributed by atoms with Gasteiger partial charge in [-0.15, -0.1) is 12.4 Å². The standard InChI is InChI=1S/C21H28N2O4.ClH/c1-12-9-17(19-13(2)14(3)21(25)27-18(19)10-12)26-15(4)20(24)23-11-16-5-7-22-8-6-16;/h9-10,15-16,22H,5-8,11H2,1-4H3,(H,23,24);1H. The lowest BCUT2D eigenvalue weighted by Gasteiger charge is -2.24. The van der Waals surface area contributed by atoms with Crippen LogP contribution in [-0.2, 0) is 4.79 Å². The van der Waals surface area contributed by atoms with Crippen molar-refractivity contribution >= 4 is 29.3 Å². The van der Waals surface area contributed by atoms with Crippen molar-refractivity contribution in [2.75, 3.05) is 19.6 Å². The van der Waals surface area contributed by atoms with Crippen LogP contribution in [0.1, 0.15) is 36.5 Å². The minimum Gasteiger partial charge on any atom is -0.480 e. The second-order valence-electron chi connectivity index (χ2n) is 7.47. The Morgan fingerprint density at radius 3 is 2.61 bits per heavy atom. The Hall–Kier alpha value is -2.05. The molecule has 1 fully saturated rings. The summed E-state index contributed by atoms with van der Waals surface area (Å²) in [6.07, 6.45) is 1.52. The van der Waals surface area contributed by atoms with E-state index < -0.39 is 6.10 Å². The van der Waals surface area contributed by atoms with Crippen LogP contribution in [0, 0.1) is 26.7 Å². The molecule has 0 bridgehead atoms. The summed E-state index contributed by atoms with van der Waals surface area (Å²) in [4.78, 5) is 24.5. The Morgan fingerprint density at radius 1 is 1.25 bits per heavy atom. The van der Waals surface area contributed by atoms with E-state index in [0.717, 1.165) is 42.4 Å². The number of carbonyl (C=O) groups excluding carboxylic acids is 1. The molecule has 7 heteroatoms. The van der Waals surface area contributed by atoms with E-state index >= 15 is 0 Å². The van der Waals surface area contributed by atoms with Crippen molar-refractivity contribution in [3.63, 3.8) is 0 Å². The van der Waals surface area contributed by atoms with Crippen LogP contribution < -0.4 is 21.0 Å². The number of benzene rings is 1. The van der Waals surface area contributed by atoms with Crippen LogP contribution in [-0.4, -0.2) is 31.6 Å². The molecular formula is C21H29ClN2O4. The van der Waals surface area contributed by atoms with Gasteiger partial charge in [-0.3, -0.25) is 4.79 Å². The molecular weight excluding hydrogens is 380 g/mol. The number of nitrogens with one attached hydrogen (secondary N) is 2. The van der Waals surface area contributed by atoms with Gasteiger partial charge >= 0.3 is 5.63 Å². The quantitative estimate of drug-likeness (QED) is 0.743. The summed E-state index contributed by atoms with van der Waals surface area (Å²) in [6, 6.07) is 3.70. The number of hydrogen-bond acceptors (Lipinski definition) is 5. The highest BCUT2D eigenvalue weighted by Gasteiger charge is 2.21. The van der Waals surface area contributed by atoms with Crippen LogP contribution in [0.3, 0.4) is 0 Å². The van der Waals surface area contributed by atoms with E-state index in [4.69, 9.17) is 9.15 Å². The van der Waals surface area contributed by atoms with E-state index in [-0.39, 0.29) is 23.9 Å². The maximum atomic E-state index is 12.5. The zero-order chi connectivity index (χ0) is 19.6. The average molecular weight is 409 g/mol. The number of fused-ring (bicyclic) bond motifs is 1. The smallest absolute Gasteiger partial charge is 0.339 e. The number of piperidine rings is 1.